The Kier molecular flexibility index (Phi) is 3.76. The summed E-state index contributed by atoms with van der Waals surface area (Å²) in [5.74, 6) is 0.117. The molecule has 0 spiro atoms. The van der Waals surface area contributed by atoms with Gasteiger partial charge in [-0.1, -0.05) is 30.1 Å². The Morgan fingerprint density at radius 2 is 1.95 bits per heavy atom. The van der Waals surface area contributed by atoms with Crippen LogP contribution < -0.4 is 4.74 Å². The van der Waals surface area contributed by atoms with Crippen molar-refractivity contribution in [1.29, 1.82) is 5.26 Å². The van der Waals surface area contributed by atoms with E-state index in [4.69, 9.17) is 33.2 Å². The van der Waals surface area contributed by atoms with Crippen molar-refractivity contribution in [2.24, 2.45) is 0 Å². The monoisotopic (exact) mass is 335 g/mol. The van der Waals surface area contributed by atoms with Gasteiger partial charge in [0.05, 0.1) is 10.6 Å². The topological polar surface area (TPSA) is 33.0 Å². The van der Waals surface area contributed by atoms with Crippen LogP contribution in [-0.2, 0) is 5.41 Å². The number of hydrogen-bond acceptors (Lipinski definition) is 2. The first-order valence-corrected chi connectivity index (χ1v) is 7.55. The second-order valence-electron chi connectivity index (χ2n) is 5.69. The van der Waals surface area contributed by atoms with E-state index in [0.717, 1.165) is 18.4 Å². The molecule has 0 saturated heterocycles. The van der Waals surface area contributed by atoms with E-state index in [1.807, 2.05) is 6.07 Å². The Bertz CT molecular complexity index is 794. The summed E-state index contributed by atoms with van der Waals surface area (Å²) in [6.45, 7) is 2.09. The average Bonchev–Trinajstić information content (AvgIpc) is 3.22. The third kappa shape index (κ3) is 2.77. The highest BCUT2D eigenvalue weighted by molar-refractivity contribution is 6.37. The molecular formula is C17H12Cl2FNO. The Hall–Kier alpha value is -1.76. The van der Waals surface area contributed by atoms with Crippen molar-refractivity contribution in [1.82, 2.24) is 0 Å². The van der Waals surface area contributed by atoms with E-state index in [1.54, 1.807) is 6.07 Å². The molecule has 1 aliphatic rings. The van der Waals surface area contributed by atoms with E-state index in [0.29, 0.717) is 5.75 Å². The standard InChI is InChI=1S/C17H12Cl2FNO/c1-17(4-5-17)11-6-12(20)8-13(7-11)22-16-14(18)3-2-10(9-21)15(16)19/h2-3,6-8H,4-5H2,1H3. The number of ether oxygens (including phenoxy) is 1. The summed E-state index contributed by atoms with van der Waals surface area (Å²) >= 11 is 12.2. The van der Waals surface area contributed by atoms with E-state index in [2.05, 4.69) is 6.92 Å². The van der Waals surface area contributed by atoms with Crippen LogP contribution in [0.4, 0.5) is 4.39 Å². The first-order valence-electron chi connectivity index (χ1n) is 6.80. The van der Waals surface area contributed by atoms with Gasteiger partial charge in [-0.05, 0) is 48.1 Å². The van der Waals surface area contributed by atoms with Crippen LogP contribution in [0.2, 0.25) is 10.0 Å². The normalized spacial score (nSPS) is 15.2. The van der Waals surface area contributed by atoms with Gasteiger partial charge in [0.25, 0.3) is 0 Å². The molecule has 1 saturated carbocycles. The van der Waals surface area contributed by atoms with Gasteiger partial charge in [-0.2, -0.15) is 5.26 Å². The van der Waals surface area contributed by atoms with E-state index in [1.165, 1.54) is 24.3 Å². The smallest absolute Gasteiger partial charge is 0.165 e. The molecule has 2 nitrogen and oxygen atoms in total. The number of rotatable bonds is 3. The number of benzene rings is 2. The molecule has 0 atom stereocenters. The molecule has 22 heavy (non-hydrogen) atoms. The lowest BCUT2D eigenvalue weighted by molar-refractivity contribution is 0.475. The number of nitriles is 1. The van der Waals surface area contributed by atoms with Crippen LogP contribution in [0.5, 0.6) is 11.5 Å². The van der Waals surface area contributed by atoms with Gasteiger partial charge >= 0.3 is 0 Å². The lowest BCUT2D eigenvalue weighted by Gasteiger charge is -2.14. The molecular weight excluding hydrogens is 324 g/mol. The molecule has 0 aliphatic heterocycles. The maximum atomic E-state index is 13.8. The zero-order valence-electron chi connectivity index (χ0n) is 11.8. The summed E-state index contributed by atoms with van der Waals surface area (Å²) in [5.41, 5.74) is 1.17. The van der Waals surface area contributed by atoms with Crippen LogP contribution in [0, 0.1) is 17.1 Å². The fourth-order valence-electron chi connectivity index (χ4n) is 2.28. The van der Waals surface area contributed by atoms with Crippen molar-refractivity contribution < 1.29 is 9.13 Å². The van der Waals surface area contributed by atoms with Crippen molar-refractivity contribution in [3.8, 4) is 17.6 Å². The highest BCUT2D eigenvalue weighted by atomic mass is 35.5. The molecule has 3 rings (SSSR count). The highest BCUT2D eigenvalue weighted by Crippen LogP contribution is 2.49. The fraction of sp³-hybridized carbons (Fsp3) is 0.235. The summed E-state index contributed by atoms with van der Waals surface area (Å²) in [6.07, 6.45) is 2.06. The number of halogens is 3. The van der Waals surface area contributed by atoms with Crippen molar-refractivity contribution in [3.63, 3.8) is 0 Å². The van der Waals surface area contributed by atoms with Gasteiger partial charge < -0.3 is 4.74 Å². The van der Waals surface area contributed by atoms with Crippen molar-refractivity contribution in [3.05, 3.63) is 57.3 Å². The molecule has 0 N–H and O–H groups in total. The molecule has 0 amide bonds. The lowest BCUT2D eigenvalue weighted by Crippen LogP contribution is -2.01. The van der Waals surface area contributed by atoms with Gasteiger partial charge in [0, 0.05) is 6.07 Å². The Labute approximate surface area is 138 Å². The molecule has 112 valence electrons. The maximum absolute atomic E-state index is 13.8. The predicted octanol–water partition coefficient (Wildman–Crippen LogP) is 5.85. The minimum absolute atomic E-state index is 0.0162. The first-order chi connectivity index (χ1) is 10.4. The van der Waals surface area contributed by atoms with Gasteiger partial charge in [0.2, 0.25) is 0 Å². The molecule has 0 bridgehead atoms. The van der Waals surface area contributed by atoms with E-state index in [-0.39, 0.29) is 32.6 Å². The summed E-state index contributed by atoms with van der Waals surface area (Å²) < 4.78 is 19.5. The molecule has 0 unspecified atom stereocenters. The number of hydrogen-bond donors (Lipinski definition) is 0. The third-order valence-corrected chi connectivity index (χ3v) is 4.63. The first kappa shape index (κ1) is 15.1. The fourth-order valence-corrected chi connectivity index (χ4v) is 2.77. The summed E-state index contributed by atoms with van der Waals surface area (Å²) in [6, 6.07) is 9.60. The van der Waals surface area contributed by atoms with Crippen LogP contribution in [0.1, 0.15) is 30.9 Å². The van der Waals surface area contributed by atoms with Gasteiger partial charge in [0.1, 0.15) is 22.7 Å². The molecule has 5 heteroatoms. The van der Waals surface area contributed by atoms with E-state index < -0.39 is 0 Å². The van der Waals surface area contributed by atoms with Crippen molar-refractivity contribution in [2.45, 2.75) is 25.2 Å². The molecule has 2 aromatic carbocycles. The van der Waals surface area contributed by atoms with Gasteiger partial charge in [-0.15, -0.1) is 0 Å². The Morgan fingerprint density at radius 3 is 2.59 bits per heavy atom. The highest BCUT2D eigenvalue weighted by Gasteiger charge is 2.39. The molecule has 0 heterocycles. The minimum Gasteiger partial charge on any atom is -0.454 e. The summed E-state index contributed by atoms with van der Waals surface area (Å²) in [4.78, 5) is 0. The van der Waals surface area contributed by atoms with E-state index in [9.17, 15) is 4.39 Å². The zero-order chi connectivity index (χ0) is 15.9. The van der Waals surface area contributed by atoms with Crippen molar-refractivity contribution >= 4 is 23.2 Å². The third-order valence-electron chi connectivity index (χ3n) is 3.96. The van der Waals surface area contributed by atoms with E-state index >= 15 is 0 Å². The van der Waals surface area contributed by atoms with Gasteiger partial charge in [-0.3, -0.25) is 0 Å². The second-order valence-corrected chi connectivity index (χ2v) is 6.47. The molecule has 0 aromatic heterocycles. The van der Waals surface area contributed by atoms with Crippen LogP contribution in [-0.4, -0.2) is 0 Å². The van der Waals surface area contributed by atoms with Gasteiger partial charge in [0.15, 0.2) is 5.75 Å². The summed E-state index contributed by atoms with van der Waals surface area (Å²) in [5, 5.41) is 9.40. The van der Waals surface area contributed by atoms with Crippen LogP contribution in [0.15, 0.2) is 30.3 Å². The molecule has 1 aliphatic carbocycles. The van der Waals surface area contributed by atoms with Crippen LogP contribution >= 0.6 is 23.2 Å². The van der Waals surface area contributed by atoms with Crippen LogP contribution in [0.3, 0.4) is 0 Å². The molecule has 1 fully saturated rings. The SMILES string of the molecule is CC1(c2cc(F)cc(Oc3c(Cl)ccc(C#N)c3Cl)c2)CC1. The summed E-state index contributed by atoms with van der Waals surface area (Å²) in [7, 11) is 0. The average molecular weight is 336 g/mol. The predicted molar refractivity (Wildman–Crippen MR) is 84.2 cm³/mol. The zero-order valence-corrected chi connectivity index (χ0v) is 13.3. The maximum Gasteiger partial charge on any atom is 0.165 e. The largest absolute Gasteiger partial charge is 0.454 e. The molecule has 2 aromatic rings. The van der Waals surface area contributed by atoms with Gasteiger partial charge in [-0.25, -0.2) is 4.39 Å². The van der Waals surface area contributed by atoms with Crippen molar-refractivity contribution in [2.75, 3.05) is 0 Å². The Morgan fingerprint density at radius 1 is 1.23 bits per heavy atom. The van der Waals surface area contributed by atoms with Crippen LogP contribution in [0.25, 0.3) is 0 Å². The quantitative estimate of drug-likeness (QED) is 0.704. The molecule has 0 radical (unpaired) electrons. The lowest BCUT2D eigenvalue weighted by atomic mass is 9.98. The minimum atomic E-state index is -0.371. The number of nitrogens with zero attached hydrogens (tertiary/aromatic N) is 1. The second kappa shape index (κ2) is 5.46. The Balaban J connectivity index is 2.01.